The maximum atomic E-state index is 5.26. The Hall–Kier alpha value is -1.77. The molecule has 0 bridgehead atoms. The second-order valence-corrected chi connectivity index (χ2v) is 8.31. The first-order valence-electron chi connectivity index (χ1n) is 7.88. The van der Waals surface area contributed by atoms with Crippen LogP contribution in [0.15, 0.2) is 59.6 Å². The average molecular weight is 373 g/mol. The van der Waals surface area contributed by atoms with Gasteiger partial charge in [-0.3, -0.25) is 0 Å². The predicted octanol–water partition coefficient (Wildman–Crippen LogP) is 3.85. The van der Waals surface area contributed by atoms with Gasteiger partial charge in [-0.1, -0.05) is 0 Å². The van der Waals surface area contributed by atoms with Crippen molar-refractivity contribution in [2.45, 2.75) is 24.7 Å². The van der Waals surface area contributed by atoms with E-state index in [1.165, 1.54) is 10.3 Å². The molecule has 0 saturated carbocycles. The summed E-state index contributed by atoms with van der Waals surface area (Å²) in [6, 6.07) is 19.2. The van der Waals surface area contributed by atoms with Gasteiger partial charge < -0.3 is 0 Å². The Morgan fingerprint density at radius 2 is 1.78 bits per heavy atom. The van der Waals surface area contributed by atoms with Gasteiger partial charge in [0.05, 0.1) is 0 Å². The van der Waals surface area contributed by atoms with E-state index in [9.17, 15) is 0 Å². The van der Waals surface area contributed by atoms with Crippen molar-refractivity contribution >= 4 is 25.4 Å². The number of amidine groups is 1. The third-order valence-electron chi connectivity index (χ3n) is 3.95. The van der Waals surface area contributed by atoms with Gasteiger partial charge in [-0.05, 0) is 0 Å². The van der Waals surface area contributed by atoms with Crippen LogP contribution in [0.2, 0.25) is 0 Å². The zero-order valence-electron chi connectivity index (χ0n) is 13.8. The summed E-state index contributed by atoms with van der Waals surface area (Å²) in [4.78, 5) is 7.92. The number of hydrogen-bond acceptors (Lipinski definition) is 2. The van der Waals surface area contributed by atoms with Crippen LogP contribution < -0.4 is 4.74 Å². The number of para-hydroxylation sites is 1. The Morgan fingerprint density at radius 1 is 1.09 bits per heavy atom. The minimum absolute atomic E-state index is 0.342. The molecule has 2 aromatic carbocycles. The van der Waals surface area contributed by atoms with Gasteiger partial charge in [0.15, 0.2) is 0 Å². The number of benzene rings is 2. The van der Waals surface area contributed by atoms with E-state index in [2.05, 4.69) is 55.1 Å². The Balaban J connectivity index is 1.84. The van der Waals surface area contributed by atoms with E-state index in [-0.39, 0.29) is 0 Å². The average Bonchev–Trinajstić information content (AvgIpc) is 3.00. The number of methoxy groups -OCH3 is 1. The quantitative estimate of drug-likeness (QED) is 0.761. The van der Waals surface area contributed by atoms with Gasteiger partial charge in [0.2, 0.25) is 0 Å². The molecule has 1 fully saturated rings. The van der Waals surface area contributed by atoms with Crippen molar-refractivity contribution in [3.05, 3.63) is 60.2 Å². The molecular formula is C19H22N2OSe. The Kier molecular flexibility index (Phi) is 5.04. The first kappa shape index (κ1) is 16.1. The number of rotatable bonds is 4. The fourth-order valence-electron chi connectivity index (χ4n) is 2.62. The van der Waals surface area contributed by atoms with Gasteiger partial charge in [0.25, 0.3) is 0 Å². The molecule has 1 saturated heterocycles. The Labute approximate surface area is 144 Å². The summed E-state index contributed by atoms with van der Waals surface area (Å²) in [5, 5.41) is 0. The molecule has 0 radical (unpaired) electrons. The molecule has 0 spiro atoms. The van der Waals surface area contributed by atoms with Crippen molar-refractivity contribution in [1.82, 2.24) is 4.90 Å². The van der Waals surface area contributed by atoms with Crippen LogP contribution in [0.5, 0.6) is 5.75 Å². The monoisotopic (exact) mass is 374 g/mol. The summed E-state index contributed by atoms with van der Waals surface area (Å²) in [5.74, 6) is 0.915. The van der Waals surface area contributed by atoms with E-state index in [1.807, 2.05) is 18.2 Å². The van der Waals surface area contributed by atoms with E-state index in [0.29, 0.717) is 25.8 Å². The zero-order valence-corrected chi connectivity index (χ0v) is 15.5. The van der Waals surface area contributed by atoms with Crippen LogP contribution in [0.1, 0.15) is 24.2 Å². The molecule has 0 aromatic heterocycles. The molecule has 1 aliphatic heterocycles. The molecule has 2 aromatic rings. The van der Waals surface area contributed by atoms with Crippen LogP contribution in [0.25, 0.3) is 0 Å². The van der Waals surface area contributed by atoms with E-state index >= 15 is 0 Å². The second-order valence-electron chi connectivity index (χ2n) is 5.86. The Morgan fingerprint density at radius 3 is 2.39 bits per heavy atom. The molecular weight excluding hydrogens is 351 g/mol. The summed E-state index contributed by atoms with van der Waals surface area (Å²) < 4.78 is 6.51. The van der Waals surface area contributed by atoms with Crippen molar-refractivity contribution in [3.8, 4) is 5.75 Å². The van der Waals surface area contributed by atoms with Crippen LogP contribution in [-0.4, -0.2) is 44.3 Å². The summed E-state index contributed by atoms with van der Waals surface area (Å²) >= 11 is 0.342. The molecule has 23 heavy (non-hydrogen) atoms. The summed E-state index contributed by atoms with van der Waals surface area (Å²) in [6.07, 6.45) is 0. The molecule has 3 nitrogen and oxygen atoms in total. The minimum atomic E-state index is 0.342. The first-order valence-corrected chi connectivity index (χ1v) is 9.73. The van der Waals surface area contributed by atoms with Gasteiger partial charge in [0, 0.05) is 0 Å². The van der Waals surface area contributed by atoms with Crippen molar-refractivity contribution in [2.75, 3.05) is 13.7 Å². The van der Waals surface area contributed by atoms with Crippen LogP contribution >= 0.6 is 0 Å². The topological polar surface area (TPSA) is 24.8 Å². The van der Waals surface area contributed by atoms with Gasteiger partial charge in [-0.2, -0.15) is 0 Å². The standard InChI is InChI=1S/C19H22N2OSe/c1-14(2)21-13-18(15-9-11-17(22-3)12-10-15)23-19(21)20-16-7-5-4-6-8-16/h4-12,14,18H,13H2,1-3H3. The van der Waals surface area contributed by atoms with Crippen molar-refractivity contribution in [3.63, 3.8) is 0 Å². The van der Waals surface area contributed by atoms with E-state index < -0.39 is 0 Å². The van der Waals surface area contributed by atoms with Crippen molar-refractivity contribution < 1.29 is 4.74 Å². The third-order valence-corrected chi connectivity index (χ3v) is 6.55. The van der Waals surface area contributed by atoms with Gasteiger partial charge in [0.1, 0.15) is 0 Å². The molecule has 1 aliphatic rings. The van der Waals surface area contributed by atoms with E-state index in [4.69, 9.17) is 9.73 Å². The first-order chi connectivity index (χ1) is 11.2. The molecule has 120 valence electrons. The predicted molar refractivity (Wildman–Crippen MR) is 96.9 cm³/mol. The second kappa shape index (κ2) is 7.20. The number of hydrogen-bond donors (Lipinski definition) is 0. The fraction of sp³-hybridized carbons (Fsp3) is 0.316. The maximum absolute atomic E-state index is 5.26. The summed E-state index contributed by atoms with van der Waals surface area (Å²) in [7, 11) is 1.71. The van der Waals surface area contributed by atoms with Crippen LogP contribution in [0.4, 0.5) is 5.69 Å². The third kappa shape index (κ3) is 3.77. The van der Waals surface area contributed by atoms with Gasteiger partial charge in [-0.25, -0.2) is 0 Å². The fourth-order valence-corrected chi connectivity index (χ4v) is 5.47. The molecule has 3 rings (SSSR count). The number of aliphatic imine (C=N–C) groups is 1. The molecule has 0 amide bonds. The SMILES string of the molecule is COc1ccc(C2CN(C(C)C)C(=Nc3ccccc3)[Se]2)cc1. The molecule has 1 unspecified atom stereocenters. The number of ether oxygens (including phenoxy) is 1. The normalized spacial score (nSPS) is 19.6. The van der Waals surface area contributed by atoms with Crippen LogP contribution in [0, 0.1) is 0 Å². The van der Waals surface area contributed by atoms with Crippen molar-refractivity contribution in [1.29, 1.82) is 0 Å². The molecule has 1 atom stereocenters. The summed E-state index contributed by atoms with van der Waals surface area (Å²) in [5.41, 5.74) is 2.43. The Bertz CT molecular complexity index is 668. The van der Waals surface area contributed by atoms with Gasteiger partial charge in [-0.15, -0.1) is 0 Å². The summed E-state index contributed by atoms with van der Waals surface area (Å²) in [6.45, 7) is 5.54. The van der Waals surface area contributed by atoms with Gasteiger partial charge >= 0.3 is 144 Å². The van der Waals surface area contributed by atoms with Crippen molar-refractivity contribution in [2.24, 2.45) is 4.99 Å². The molecule has 1 heterocycles. The zero-order chi connectivity index (χ0) is 16.2. The van der Waals surface area contributed by atoms with E-state index in [1.54, 1.807) is 7.11 Å². The number of nitrogens with zero attached hydrogens (tertiary/aromatic N) is 2. The molecule has 0 aliphatic carbocycles. The van der Waals surface area contributed by atoms with E-state index in [0.717, 1.165) is 18.0 Å². The molecule has 0 N–H and O–H groups in total. The molecule has 4 heteroatoms. The van der Waals surface area contributed by atoms with Crippen LogP contribution in [-0.2, 0) is 0 Å². The van der Waals surface area contributed by atoms with Crippen LogP contribution in [0.3, 0.4) is 0 Å².